The van der Waals surface area contributed by atoms with Gasteiger partial charge in [-0.1, -0.05) is 18.2 Å². The van der Waals surface area contributed by atoms with Crippen molar-refractivity contribution in [1.82, 2.24) is 4.90 Å². The molecule has 1 aromatic carbocycles. The van der Waals surface area contributed by atoms with E-state index in [4.69, 9.17) is 4.74 Å². The highest BCUT2D eigenvalue weighted by Crippen LogP contribution is 2.52. The zero-order valence-corrected chi connectivity index (χ0v) is 17.4. The van der Waals surface area contributed by atoms with Gasteiger partial charge in [-0.2, -0.15) is 4.99 Å². The lowest BCUT2D eigenvalue weighted by atomic mass is 10.2. The van der Waals surface area contributed by atoms with Gasteiger partial charge in [0.25, 0.3) is 5.91 Å². The number of likely N-dealkylation sites (tertiary alicyclic amines) is 1. The summed E-state index contributed by atoms with van der Waals surface area (Å²) >= 11 is 1.42. The Morgan fingerprint density at radius 3 is 2.54 bits per heavy atom. The highest BCUT2D eigenvalue weighted by molar-refractivity contribution is 8.18. The van der Waals surface area contributed by atoms with E-state index in [9.17, 15) is 9.36 Å². The van der Waals surface area contributed by atoms with Crippen molar-refractivity contribution in [3.05, 3.63) is 34.7 Å². The van der Waals surface area contributed by atoms with Crippen molar-refractivity contribution in [2.24, 2.45) is 4.99 Å². The van der Waals surface area contributed by atoms with E-state index in [0.29, 0.717) is 10.7 Å². The predicted octanol–water partition coefficient (Wildman–Crippen LogP) is 4.49. The number of amides is 1. The molecule has 2 aliphatic heterocycles. The van der Waals surface area contributed by atoms with E-state index in [2.05, 4.69) is 9.89 Å². The molecule has 0 spiro atoms. The molecular weight excluding hydrogens is 367 g/mol. The molecule has 2 heterocycles. The third-order valence-electron chi connectivity index (χ3n) is 4.85. The Balaban J connectivity index is 1.84. The minimum atomic E-state index is -2.47. The first-order chi connectivity index (χ1) is 12.2. The number of carbonyl (C=O) groups excluding carboxylic acids is 1. The Morgan fingerprint density at radius 1 is 1.23 bits per heavy atom. The van der Waals surface area contributed by atoms with Gasteiger partial charge in [0.1, 0.15) is 12.9 Å². The van der Waals surface area contributed by atoms with Gasteiger partial charge in [0.2, 0.25) is 0 Å². The molecule has 0 unspecified atom stereocenters. The van der Waals surface area contributed by atoms with Crippen LogP contribution in [0.3, 0.4) is 0 Å². The lowest BCUT2D eigenvalue weighted by Gasteiger charge is -2.31. The van der Waals surface area contributed by atoms with Crippen LogP contribution in [0, 0.1) is 0 Å². The molecule has 1 fully saturated rings. The zero-order chi connectivity index (χ0) is 18.9. The smallest absolute Gasteiger partial charge is 0.286 e. The predicted molar refractivity (Wildman–Crippen MR) is 109 cm³/mol. The van der Waals surface area contributed by atoms with Crippen LogP contribution >= 0.6 is 18.9 Å². The molecule has 140 valence electrons. The molecule has 0 N–H and O–H groups in total. The maximum Gasteiger partial charge on any atom is 0.286 e. The minimum Gasteiger partial charge on any atom is -0.480 e. The van der Waals surface area contributed by atoms with Gasteiger partial charge < -0.3 is 14.2 Å². The number of thioether (sulfide) groups is 1. The molecule has 7 heteroatoms. The number of rotatable bonds is 4. The van der Waals surface area contributed by atoms with Crippen LogP contribution in [0.25, 0.3) is 6.08 Å². The van der Waals surface area contributed by atoms with E-state index in [1.807, 2.05) is 44.2 Å². The van der Waals surface area contributed by atoms with Crippen molar-refractivity contribution in [2.75, 3.05) is 26.4 Å². The summed E-state index contributed by atoms with van der Waals surface area (Å²) < 4.78 is 18.6. The monoisotopic (exact) mass is 392 g/mol. The summed E-state index contributed by atoms with van der Waals surface area (Å²) in [5.74, 6) is 0.416. The largest absolute Gasteiger partial charge is 0.480 e. The number of amidine groups is 1. The van der Waals surface area contributed by atoms with Crippen molar-refractivity contribution in [2.45, 2.75) is 32.0 Å². The number of ether oxygens (including phenoxy) is 1. The molecule has 1 amide bonds. The molecule has 26 heavy (non-hydrogen) atoms. The van der Waals surface area contributed by atoms with E-state index in [0.717, 1.165) is 36.7 Å². The minimum absolute atomic E-state index is 0.206. The molecule has 0 radical (unpaired) electrons. The number of carbonyl (C=O) groups is 1. The second-order valence-corrected chi connectivity index (χ2v) is 12.2. The van der Waals surface area contributed by atoms with Gasteiger partial charge >= 0.3 is 0 Å². The third-order valence-corrected chi connectivity index (χ3v) is 8.58. The Bertz CT molecular complexity index is 820. The zero-order valence-electron chi connectivity index (χ0n) is 15.7. The Hall–Kier alpha value is -1.52. The van der Waals surface area contributed by atoms with Crippen LogP contribution in [0.2, 0.25) is 0 Å². The van der Waals surface area contributed by atoms with Crippen molar-refractivity contribution >= 4 is 36.1 Å². The summed E-state index contributed by atoms with van der Waals surface area (Å²) in [7, 11) is -2.47. The SMILES string of the molecule is CC(C)(Oc1ccccc1/C=C1\SC(N2CCCC2)=NC1=O)P(C)(C)=O. The van der Waals surface area contributed by atoms with Gasteiger partial charge in [-0.15, -0.1) is 0 Å². The van der Waals surface area contributed by atoms with E-state index < -0.39 is 12.5 Å². The Kier molecular flexibility index (Phi) is 5.36. The van der Waals surface area contributed by atoms with Crippen LogP contribution in [0.4, 0.5) is 0 Å². The fourth-order valence-corrected chi connectivity index (χ4v) is 3.93. The quantitative estimate of drug-likeness (QED) is 0.558. The van der Waals surface area contributed by atoms with Gasteiger partial charge in [0.05, 0.1) is 4.91 Å². The normalized spacial score (nSPS) is 20.0. The summed E-state index contributed by atoms with van der Waals surface area (Å²) in [6.07, 6.45) is 4.11. The number of aliphatic imine (C=N–C) groups is 1. The Morgan fingerprint density at radius 2 is 1.88 bits per heavy atom. The van der Waals surface area contributed by atoms with Crippen LogP contribution < -0.4 is 4.74 Å². The first-order valence-corrected chi connectivity index (χ1v) is 12.2. The molecule has 5 nitrogen and oxygen atoms in total. The number of nitrogens with zero attached hydrogens (tertiary/aromatic N) is 2. The average molecular weight is 392 g/mol. The third kappa shape index (κ3) is 4.07. The number of benzene rings is 1. The lowest BCUT2D eigenvalue weighted by Crippen LogP contribution is -2.27. The van der Waals surface area contributed by atoms with Gasteiger partial charge in [0, 0.05) is 18.7 Å². The standard InChI is InChI=1S/C19H25N2O3PS/c1-19(2,25(3,4)23)24-15-10-6-5-9-14(15)13-16-17(22)20-18(26-16)21-11-7-8-12-21/h5-6,9-10,13H,7-8,11-12H2,1-4H3/b16-13-. The first-order valence-electron chi connectivity index (χ1n) is 8.78. The van der Waals surface area contributed by atoms with E-state index in [1.54, 1.807) is 13.3 Å². The maximum absolute atomic E-state index is 12.5. The van der Waals surface area contributed by atoms with Crippen LogP contribution in [0.1, 0.15) is 32.3 Å². The molecule has 3 rings (SSSR count). The van der Waals surface area contributed by atoms with E-state index in [-0.39, 0.29) is 5.91 Å². The average Bonchev–Trinajstić information content (AvgIpc) is 3.18. The molecule has 0 saturated carbocycles. The van der Waals surface area contributed by atoms with Gasteiger partial charge in [0.15, 0.2) is 10.5 Å². The highest BCUT2D eigenvalue weighted by atomic mass is 32.2. The summed E-state index contributed by atoms with van der Waals surface area (Å²) in [6, 6.07) is 7.52. The maximum atomic E-state index is 12.5. The molecule has 0 aliphatic carbocycles. The van der Waals surface area contributed by atoms with Crippen molar-refractivity contribution in [3.8, 4) is 5.75 Å². The van der Waals surface area contributed by atoms with Crippen LogP contribution in [-0.2, 0) is 9.36 Å². The van der Waals surface area contributed by atoms with Crippen LogP contribution in [-0.4, -0.2) is 47.7 Å². The number of hydrogen-bond acceptors (Lipinski definition) is 5. The van der Waals surface area contributed by atoms with Gasteiger partial charge in [-0.05, 0) is 63.9 Å². The molecule has 1 aromatic rings. The summed E-state index contributed by atoms with van der Waals surface area (Å²) in [4.78, 5) is 19.3. The van der Waals surface area contributed by atoms with E-state index in [1.165, 1.54) is 11.8 Å². The van der Waals surface area contributed by atoms with Crippen LogP contribution in [0.5, 0.6) is 5.75 Å². The fraction of sp³-hybridized carbons (Fsp3) is 0.474. The summed E-state index contributed by atoms with van der Waals surface area (Å²) in [5, 5.41) is 0.00940. The summed E-state index contributed by atoms with van der Waals surface area (Å²) in [6.45, 7) is 9.04. The topological polar surface area (TPSA) is 59.0 Å². The van der Waals surface area contributed by atoms with Gasteiger partial charge in [-0.25, -0.2) is 0 Å². The molecule has 2 aliphatic rings. The molecule has 1 saturated heterocycles. The summed E-state index contributed by atoms with van der Waals surface area (Å²) in [5.41, 5.74) is 0.794. The second kappa shape index (κ2) is 7.24. The van der Waals surface area contributed by atoms with Crippen LogP contribution in [0.15, 0.2) is 34.2 Å². The van der Waals surface area contributed by atoms with Gasteiger partial charge in [-0.3, -0.25) is 4.79 Å². The first kappa shape index (κ1) is 19.2. The number of para-hydroxylation sites is 1. The second-order valence-electron chi connectivity index (χ2n) is 7.44. The van der Waals surface area contributed by atoms with Crippen molar-refractivity contribution in [1.29, 1.82) is 0 Å². The molecule has 0 atom stereocenters. The van der Waals surface area contributed by atoms with Crippen molar-refractivity contribution < 1.29 is 14.1 Å². The molecule has 0 bridgehead atoms. The van der Waals surface area contributed by atoms with E-state index >= 15 is 0 Å². The number of hydrogen-bond donors (Lipinski definition) is 0. The lowest BCUT2D eigenvalue weighted by molar-refractivity contribution is -0.113. The van der Waals surface area contributed by atoms with Crippen molar-refractivity contribution in [3.63, 3.8) is 0 Å². The Labute approximate surface area is 159 Å². The fourth-order valence-electron chi connectivity index (χ4n) is 2.65. The molecular formula is C19H25N2O3PS. The highest BCUT2D eigenvalue weighted by Gasteiger charge is 2.35. The molecule has 0 aromatic heterocycles.